The maximum atomic E-state index is 12.4. The van der Waals surface area contributed by atoms with E-state index in [1.54, 1.807) is 19.9 Å². The molecule has 2 saturated carbocycles. The van der Waals surface area contributed by atoms with Gasteiger partial charge in [-0.2, -0.15) is 0 Å². The smallest absolute Gasteiger partial charge is 0.335 e. The van der Waals surface area contributed by atoms with E-state index in [1.165, 1.54) is 0 Å². The SMILES string of the molecule is CC1=C[C@H](O)[C@H](O)[C@]2(C)[C@H]3[C@@]4(O)OC[C@]35[C@H]([C@@H](C)[C@H]4O)[C@@H](O)C(=O)O[C@@H]5C[C@@H]12. The van der Waals surface area contributed by atoms with Gasteiger partial charge in [0.2, 0.25) is 0 Å². The van der Waals surface area contributed by atoms with Crippen LogP contribution in [0.2, 0.25) is 0 Å². The third kappa shape index (κ3) is 1.77. The van der Waals surface area contributed by atoms with Crippen molar-refractivity contribution in [3.63, 3.8) is 0 Å². The van der Waals surface area contributed by atoms with E-state index in [9.17, 15) is 30.3 Å². The van der Waals surface area contributed by atoms with Crippen LogP contribution in [0.5, 0.6) is 0 Å². The highest BCUT2D eigenvalue weighted by Crippen LogP contribution is 2.73. The van der Waals surface area contributed by atoms with Crippen LogP contribution in [0, 0.1) is 34.5 Å². The molecule has 4 fully saturated rings. The van der Waals surface area contributed by atoms with Gasteiger partial charge in [0.25, 0.3) is 0 Å². The number of ether oxygens (including phenoxy) is 2. The largest absolute Gasteiger partial charge is 0.460 e. The van der Waals surface area contributed by atoms with Gasteiger partial charge in [-0.3, -0.25) is 0 Å². The summed E-state index contributed by atoms with van der Waals surface area (Å²) < 4.78 is 11.5. The van der Waals surface area contributed by atoms with Crippen LogP contribution in [0.15, 0.2) is 11.6 Å². The maximum absolute atomic E-state index is 12.4. The predicted octanol–water partition coefficient (Wildman–Crippen LogP) is -1.07. The number of aliphatic hydroxyl groups is 5. The summed E-state index contributed by atoms with van der Waals surface area (Å²) >= 11 is 0. The van der Waals surface area contributed by atoms with E-state index in [4.69, 9.17) is 9.47 Å². The summed E-state index contributed by atoms with van der Waals surface area (Å²) in [6.45, 7) is 5.34. The zero-order valence-corrected chi connectivity index (χ0v) is 16.1. The molecule has 0 aromatic rings. The Labute approximate surface area is 162 Å². The quantitative estimate of drug-likeness (QED) is 0.258. The number of rotatable bonds is 0. The highest BCUT2D eigenvalue weighted by atomic mass is 16.7. The lowest BCUT2D eigenvalue weighted by Gasteiger charge is -2.68. The van der Waals surface area contributed by atoms with Gasteiger partial charge in [-0.1, -0.05) is 25.5 Å². The van der Waals surface area contributed by atoms with Gasteiger partial charge < -0.3 is 35.0 Å². The van der Waals surface area contributed by atoms with E-state index >= 15 is 0 Å². The Morgan fingerprint density at radius 1 is 1.18 bits per heavy atom. The second kappa shape index (κ2) is 5.36. The summed E-state index contributed by atoms with van der Waals surface area (Å²) in [6.07, 6.45) is -3.75. The van der Waals surface area contributed by atoms with Gasteiger partial charge in [-0.15, -0.1) is 0 Å². The summed E-state index contributed by atoms with van der Waals surface area (Å²) in [6, 6.07) is 0. The summed E-state index contributed by atoms with van der Waals surface area (Å²) in [5.41, 5.74) is -1.15. The molecular formula is C20H28O8. The van der Waals surface area contributed by atoms with Crippen LogP contribution in [-0.4, -0.2) is 74.4 Å². The molecule has 0 amide bonds. The Morgan fingerprint density at radius 3 is 2.54 bits per heavy atom. The highest BCUT2D eigenvalue weighted by molar-refractivity contribution is 5.76. The van der Waals surface area contributed by atoms with E-state index in [-0.39, 0.29) is 12.5 Å². The number of hydrogen-bond donors (Lipinski definition) is 5. The van der Waals surface area contributed by atoms with E-state index in [1.807, 2.05) is 6.92 Å². The monoisotopic (exact) mass is 396 g/mol. The van der Waals surface area contributed by atoms with E-state index < -0.39 is 70.9 Å². The molecule has 156 valence electrons. The number of carbonyl (C=O) groups excluding carboxylic acids is 1. The van der Waals surface area contributed by atoms with Crippen molar-refractivity contribution < 1.29 is 39.8 Å². The lowest BCUT2D eigenvalue weighted by molar-refractivity contribution is -0.344. The van der Waals surface area contributed by atoms with Crippen LogP contribution in [0.3, 0.4) is 0 Å². The lowest BCUT2D eigenvalue weighted by atomic mass is 9.38. The Morgan fingerprint density at radius 2 is 1.86 bits per heavy atom. The maximum Gasteiger partial charge on any atom is 0.335 e. The van der Waals surface area contributed by atoms with Gasteiger partial charge in [0.1, 0.15) is 12.2 Å². The first-order chi connectivity index (χ1) is 13.0. The minimum absolute atomic E-state index is 0.00310. The first kappa shape index (κ1) is 19.0. The number of esters is 1. The molecule has 0 radical (unpaired) electrons. The standard InChI is InChI=1S/C20H28O8/c1-7-4-10(21)15(24)18(3)9(7)5-11-19-6-27-20(26,17(18)19)14(23)8(2)12(19)13(22)16(25)28-11/h4,8-15,17,21-24,26H,5-6H2,1-3H3/t8-,9+,10+,11-,12-,13-,14-,15+,17-,18-,19+,20+/m1/s1. The molecule has 8 heteroatoms. The first-order valence-corrected chi connectivity index (χ1v) is 9.98. The Hall–Kier alpha value is -1.03. The molecule has 2 heterocycles. The first-order valence-electron chi connectivity index (χ1n) is 9.98. The number of hydrogen-bond acceptors (Lipinski definition) is 8. The van der Waals surface area contributed by atoms with Crippen LogP contribution in [0.4, 0.5) is 0 Å². The van der Waals surface area contributed by atoms with Crippen LogP contribution >= 0.6 is 0 Å². The van der Waals surface area contributed by atoms with Crippen molar-refractivity contribution in [1.82, 2.24) is 0 Å². The van der Waals surface area contributed by atoms with Gasteiger partial charge in [-0.05, 0) is 25.2 Å². The van der Waals surface area contributed by atoms with Crippen molar-refractivity contribution in [2.24, 2.45) is 34.5 Å². The fourth-order valence-corrected chi connectivity index (χ4v) is 7.80. The predicted molar refractivity (Wildman–Crippen MR) is 93.4 cm³/mol. The topological polar surface area (TPSA) is 137 Å². The molecule has 5 rings (SSSR count). The highest BCUT2D eigenvalue weighted by Gasteiger charge is 2.83. The third-order valence-corrected chi connectivity index (χ3v) is 8.82. The van der Waals surface area contributed by atoms with Crippen LogP contribution in [0.1, 0.15) is 27.2 Å². The Balaban J connectivity index is 1.78. The van der Waals surface area contributed by atoms with Crippen molar-refractivity contribution in [2.45, 2.75) is 63.5 Å². The lowest BCUT2D eigenvalue weighted by Crippen LogP contribution is -2.77. The average molecular weight is 396 g/mol. The molecule has 12 atom stereocenters. The van der Waals surface area contributed by atoms with Crippen molar-refractivity contribution in [1.29, 1.82) is 0 Å². The molecule has 2 bridgehead atoms. The summed E-state index contributed by atoms with van der Waals surface area (Å²) in [5, 5.41) is 54.8. The normalized spacial score (nSPS) is 62.5. The molecule has 5 N–H and O–H groups in total. The molecule has 3 aliphatic carbocycles. The molecule has 1 spiro atoms. The van der Waals surface area contributed by atoms with Gasteiger partial charge in [0, 0.05) is 22.7 Å². The number of allylic oxidation sites excluding steroid dienone is 1. The molecule has 0 aromatic carbocycles. The third-order valence-electron chi connectivity index (χ3n) is 8.82. The number of aliphatic hydroxyl groups excluding tert-OH is 4. The fraction of sp³-hybridized carbons (Fsp3) is 0.850. The van der Waals surface area contributed by atoms with Crippen LogP contribution in [0.25, 0.3) is 0 Å². The fourth-order valence-electron chi connectivity index (χ4n) is 7.80. The zero-order valence-electron chi connectivity index (χ0n) is 16.1. The van der Waals surface area contributed by atoms with E-state index in [0.717, 1.165) is 5.57 Å². The van der Waals surface area contributed by atoms with Gasteiger partial charge >= 0.3 is 5.97 Å². The van der Waals surface area contributed by atoms with Gasteiger partial charge in [0.15, 0.2) is 11.9 Å². The molecule has 0 unspecified atom stereocenters. The van der Waals surface area contributed by atoms with Gasteiger partial charge in [-0.25, -0.2) is 4.79 Å². The summed E-state index contributed by atoms with van der Waals surface area (Å²) in [5.74, 6) is -5.11. The summed E-state index contributed by atoms with van der Waals surface area (Å²) in [4.78, 5) is 12.4. The van der Waals surface area contributed by atoms with E-state index in [0.29, 0.717) is 6.42 Å². The molecular weight excluding hydrogens is 368 g/mol. The molecule has 8 nitrogen and oxygen atoms in total. The molecule has 0 aromatic heterocycles. The van der Waals surface area contributed by atoms with Gasteiger partial charge in [0.05, 0.1) is 18.8 Å². The average Bonchev–Trinajstić information content (AvgIpc) is 2.92. The second-order valence-electron chi connectivity index (χ2n) is 9.79. The summed E-state index contributed by atoms with van der Waals surface area (Å²) in [7, 11) is 0. The van der Waals surface area contributed by atoms with Crippen molar-refractivity contribution in [2.75, 3.05) is 6.61 Å². The molecule has 2 aliphatic heterocycles. The minimum atomic E-state index is -1.97. The number of carbonyl (C=O) groups is 1. The zero-order chi connectivity index (χ0) is 20.4. The Kier molecular flexibility index (Phi) is 3.63. The minimum Gasteiger partial charge on any atom is -0.460 e. The molecule has 5 aliphatic rings. The van der Waals surface area contributed by atoms with Crippen LogP contribution < -0.4 is 0 Å². The second-order valence-corrected chi connectivity index (χ2v) is 9.79. The molecule has 2 saturated heterocycles. The van der Waals surface area contributed by atoms with E-state index in [2.05, 4.69) is 0 Å². The number of fused-ring (bicyclic) bond motifs is 1. The van der Waals surface area contributed by atoms with Crippen molar-refractivity contribution in [3.8, 4) is 0 Å². The molecule has 28 heavy (non-hydrogen) atoms. The Bertz CT molecular complexity index is 767. The van der Waals surface area contributed by atoms with Crippen LogP contribution in [-0.2, 0) is 14.3 Å². The van der Waals surface area contributed by atoms with Crippen molar-refractivity contribution >= 4 is 5.97 Å². The van der Waals surface area contributed by atoms with Crippen molar-refractivity contribution in [3.05, 3.63) is 11.6 Å².